The van der Waals surface area contributed by atoms with E-state index in [0.717, 1.165) is 6.42 Å². The molecule has 0 aliphatic carbocycles. The van der Waals surface area contributed by atoms with Crippen LogP contribution in [0, 0.1) is 0 Å². The van der Waals surface area contributed by atoms with E-state index in [1.165, 1.54) is 0 Å². The average molecular weight is 157 g/mol. The maximum absolute atomic E-state index is 7.79. The normalized spacial score (nSPS) is 8.36. The van der Waals surface area contributed by atoms with E-state index in [0.29, 0.717) is 19.8 Å². The molecule has 5 nitrogen and oxygen atoms in total. The zero-order chi connectivity index (χ0) is 8.36. The Morgan fingerprint density at radius 2 is 2.27 bits per heavy atom. The number of hydrogen-bond donors (Lipinski definition) is 0. The Labute approximate surface area is 65.2 Å². The number of hydrogen-bond acceptors (Lipinski definition) is 3. The van der Waals surface area contributed by atoms with Crippen LogP contribution in [-0.2, 0) is 9.57 Å². The first kappa shape index (κ1) is 9.81. The van der Waals surface area contributed by atoms with Crippen LogP contribution in [0.4, 0.5) is 0 Å². The van der Waals surface area contributed by atoms with Crippen molar-refractivity contribution in [2.45, 2.75) is 6.42 Å². The predicted octanol–water partition coefficient (Wildman–Crippen LogP) is 1.82. The predicted molar refractivity (Wildman–Crippen MR) is 40.7 cm³/mol. The summed E-state index contributed by atoms with van der Waals surface area (Å²) in [6, 6.07) is 0. The topological polar surface area (TPSA) is 67.2 Å². The minimum absolute atomic E-state index is 0.293. The average Bonchev–Trinajstić information content (AvgIpc) is 2.03. The molecule has 62 valence electrons. The van der Waals surface area contributed by atoms with Gasteiger partial charge in [-0.1, -0.05) is 6.08 Å². The number of azide groups is 1. The second-order valence-corrected chi connectivity index (χ2v) is 1.69. The van der Waals surface area contributed by atoms with Gasteiger partial charge in [0, 0.05) is 4.91 Å². The Morgan fingerprint density at radius 1 is 1.45 bits per heavy atom. The SMILES string of the molecule is C=CCCOCCON=[N+]=[N-]. The minimum Gasteiger partial charge on any atom is -0.431 e. The summed E-state index contributed by atoms with van der Waals surface area (Å²) in [4.78, 5) is 6.82. The van der Waals surface area contributed by atoms with Crippen molar-refractivity contribution in [3.63, 3.8) is 0 Å². The molecule has 11 heavy (non-hydrogen) atoms. The first-order valence-corrected chi connectivity index (χ1v) is 3.27. The van der Waals surface area contributed by atoms with E-state index in [2.05, 4.69) is 21.6 Å². The second kappa shape index (κ2) is 8.81. The lowest BCUT2D eigenvalue weighted by Crippen LogP contribution is -2.01. The third-order valence-electron chi connectivity index (χ3n) is 0.880. The zero-order valence-electron chi connectivity index (χ0n) is 6.27. The highest BCUT2D eigenvalue weighted by molar-refractivity contribution is 4.64. The standard InChI is InChI=1S/C6H11N3O2/c1-2-3-4-10-5-6-11-9-8-7/h2H,1,3-6H2. The highest BCUT2D eigenvalue weighted by Crippen LogP contribution is 1.83. The number of ether oxygens (including phenoxy) is 1. The molecule has 0 unspecified atom stereocenters. The van der Waals surface area contributed by atoms with Crippen LogP contribution < -0.4 is 0 Å². The van der Waals surface area contributed by atoms with E-state index in [1.807, 2.05) is 0 Å². The molecule has 0 N–H and O–H groups in total. The van der Waals surface area contributed by atoms with Gasteiger partial charge in [0.2, 0.25) is 0 Å². The summed E-state index contributed by atoms with van der Waals surface area (Å²) in [6.45, 7) is 4.89. The molecule has 0 spiro atoms. The molecule has 0 amide bonds. The van der Waals surface area contributed by atoms with Crippen LogP contribution in [0.25, 0.3) is 10.4 Å². The van der Waals surface area contributed by atoms with Gasteiger partial charge in [0.25, 0.3) is 0 Å². The molecule has 0 rings (SSSR count). The molecule has 0 fully saturated rings. The summed E-state index contributed by atoms with van der Waals surface area (Å²) >= 11 is 0. The lowest BCUT2D eigenvalue weighted by Gasteiger charge is -1.99. The molecule has 0 aromatic rings. The first-order chi connectivity index (χ1) is 5.41. The van der Waals surface area contributed by atoms with Crippen molar-refractivity contribution in [2.24, 2.45) is 5.28 Å². The van der Waals surface area contributed by atoms with E-state index >= 15 is 0 Å². The Kier molecular flexibility index (Phi) is 7.86. The Balaban J connectivity index is 2.90. The summed E-state index contributed by atoms with van der Waals surface area (Å²) in [5.74, 6) is 0. The van der Waals surface area contributed by atoms with Gasteiger partial charge in [-0.3, -0.25) is 0 Å². The van der Waals surface area contributed by atoms with Crippen LogP contribution in [0.2, 0.25) is 0 Å². The van der Waals surface area contributed by atoms with Crippen LogP contribution >= 0.6 is 0 Å². The van der Waals surface area contributed by atoms with Gasteiger partial charge >= 0.3 is 0 Å². The fourth-order valence-electron chi connectivity index (χ4n) is 0.432. The summed E-state index contributed by atoms with van der Waals surface area (Å²) in [5.41, 5.74) is 7.79. The Morgan fingerprint density at radius 3 is 2.91 bits per heavy atom. The highest BCUT2D eigenvalue weighted by atomic mass is 16.6. The fraction of sp³-hybridized carbons (Fsp3) is 0.667. The summed E-state index contributed by atoms with van der Waals surface area (Å²) in [6.07, 6.45) is 2.59. The lowest BCUT2D eigenvalue weighted by molar-refractivity contribution is 0.0501. The Hall–Kier alpha value is -1.19. The smallest absolute Gasteiger partial charge is 0.120 e. The van der Waals surface area contributed by atoms with Crippen molar-refractivity contribution < 1.29 is 9.57 Å². The molecular weight excluding hydrogens is 146 g/mol. The molecule has 0 atom stereocenters. The summed E-state index contributed by atoms with van der Waals surface area (Å²) < 4.78 is 5.04. The maximum Gasteiger partial charge on any atom is 0.120 e. The third kappa shape index (κ3) is 8.81. The fourth-order valence-corrected chi connectivity index (χ4v) is 0.432. The molecule has 0 saturated heterocycles. The van der Waals surface area contributed by atoms with Gasteiger partial charge in [-0.15, -0.1) is 6.58 Å². The molecule has 0 saturated carbocycles. The zero-order valence-corrected chi connectivity index (χ0v) is 6.27. The van der Waals surface area contributed by atoms with Gasteiger partial charge in [0.1, 0.15) is 11.9 Å². The quantitative estimate of drug-likeness (QED) is 0.141. The summed E-state index contributed by atoms with van der Waals surface area (Å²) in [5, 5.41) is 2.87. The van der Waals surface area contributed by atoms with E-state index in [-0.39, 0.29) is 0 Å². The van der Waals surface area contributed by atoms with Gasteiger partial charge in [-0.25, -0.2) is 0 Å². The third-order valence-corrected chi connectivity index (χ3v) is 0.880. The van der Waals surface area contributed by atoms with Crippen molar-refractivity contribution >= 4 is 0 Å². The largest absolute Gasteiger partial charge is 0.431 e. The van der Waals surface area contributed by atoms with Gasteiger partial charge < -0.3 is 9.57 Å². The van der Waals surface area contributed by atoms with Crippen LogP contribution in [0.1, 0.15) is 6.42 Å². The maximum atomic E-state index is 7.79. The van der Waals surface area contributed by atoms with Gasteiger partial charge in [0.05, 0.1) is 13.2 Å². The van der Waals surface area contributed by atoms with E-state index < -0.39 is 0 Å². The molecule has 0 bridgehead atoms. The van der Waals surface area contributed by atoms with Gasteiger partial charge in [0.15, 0.2) is 0 Å². The number of nitrogens with zero attached hydrogens (tertiary/aromatic N) is 3. The molecule has 0 aliphatic rings. The van der Waals surface area contributed by atoms with Crippen molar-refractivity contribution in [3.8, 4) is 0 Å². The van der Waals surface area contributed by atoms with Crippen LogP contribution in [-0.4, -0.2) is 19.8 Å². The molecular formula is C6H11N3O2. The lowest BCUT2D eigenvalue weighted by atomic mass is 10.5. The highest BCUT2D eigenvalue weighted by Gasteiger charge is 1.84. The molecule has 5 heteroatoms. The first-order valence-electron chi connectivity index (χ1n) is 3.27. The van der Waals surface area contributed by atoms with Gasteiger partial charge in [-0.05, 0) is 12.0 Å². The van der Waals surface area contributed by atoms with Crippen LogP contribution in [0.5, 0.6) is 0 Å². The van der Waals surface area contributed by atoms with Crippen LogP contribution in [0.3, 0.4) is 0 Å². The monoisotopic (exact) mass is 157 g/mol. The molecule has 0 aliphatic heterocycles. The van der Waals surface area contributed by atoms with Crippen molar-refractivity contribution in [3.05, 3.63) is 23.1 Å². The molecule has 0 aromatic carbocycles. The van der Waals surface area contributed by atoms with Crippen molar-refractivity contribution in [1.82, 2.24) is 0 Å². The van der Waals surface area contributed by atoms with Gasteiger partial charge in [-0.2, -0.15) is 0 Å². The summed E-state index contributed by atoms with van der Waals surface area (Å²) in [7, 11) is 0. The molecule has 0 aromatic heterocycles. The minimum atomic E-state index is 0.293. The Bertz CT molecular complexity index is 143. The van der Waals surface area contributed by atoms with E-state index in [4.69, 9.17) is 10.3 Å². The van der Waals surface area contributed by atoms with Crippen molar-refractivity contribution in [1.29, 1.82) is 0 Å². The second-order valence-electron chi connectivity index (χ2n) is 1.69. The molecule has 0 heterocycles. The molecule has 0 radical (unpaired) electrons. The number of rotatable bonds is 7. The van der Waals surface area contributed by atoms with E-state index in [1.54, 1.807) is 6.08 Å². The van der Waals surface area contributed by atoms with E-state index in [9.17, 15) is 0 Å². The van der Waals surface area contributed by atoms with Crippen molar-refractivity contribution in [2.75, 3.05) is 19.8 Å². The van der Waals surface area contributed by atoms with Crippen LogP contribution in [0.15, 0.2) is 17.9 Å².